The van der Waals surface area contributed by atoms with Crippen LogP contribution in [-0.4, -0.2) is 19.7 Å². The van der Waals surface area contributed by atoms with Crippen molar-refractivity contribution in [2.75, 3.05) is 13.7 Å². The molecule has 0 aromatic heterocycles. The quantitative estimate of drug-likeness (QED) is 0.645. The molecule has 84 valence electrons. The van der Waals surface area contributed by atoms with Crippen molar-refractivity contribution in [2.24, 2.45) is 0 Å². The topological polar surface area (TPSA) is 59.3 Å². The van der Waals surface area contributed by atoms with Gasteiger partial charge in [0.05, 0.1) is 19.3 Å². The number of thiol groups is 1. The first-order chi connectivity index (χ1) is 7.63. The van der Waals surface area contributed by atoms with Crippen LogP contribution >= 0.6 is 12.6 Å². The summed E-state index contributed by atoms with van der Waals surface area (Å²) in [6.07, 6.45) is 0. The van der Waals surface area contributed by atoms with Gasteiger partial charge < -0.3 is 9.47 Å². The van der Waals surface area contributed by atoms with Crippen molar-refractivity contribution < 1.29 is 14.3 Å². The molecule has 16 heavy (non-hydrogen) atoms. The van der Waals surface area contributed by atoms with Crippen LogP contribution in [0.3, 0.4) is 0 Å². The molecule has 0 bridgehead atoms. The molecule has 1 rings (SSSR count). The molecule has 4 nitrogen and oxygen atoms in total. The lowest BCUT2D eigenvalue weighted by Gasteiger charge is -2.10. The van der Waals surface area contributed by atoms with E-state index in [-0.39, 0.29) is 17.7 Å². The summed E-state index contributed by atoms with van der Waals surface area (Å²) < 4.78 is 9.89. The molecule has 5 heteroatoms. The number of nitrogens with zero attached hydrogens (tertiary/aromatic N) is 1. The van der Waals surface area contributed by atoms with E-state index in [4.69, 9.17) is 14.7 Å². The second kappa shape index (κ2) is 5.42. The molecule has 0 unspecified atom stereocenters. The fraction of sp³-hybridized carbons (Fsp3) is 0.273. The zero-order chi connectivity index (χ0) is 12.1. The molecule has 0 N–H and O–H groups in total. The van der Waals surface area contributed by atoms with Crippen LogP contribution in [0.15, 0.2) is 17.0 Å². The summed E-state index contributed by atoms with van der Waals surface area (Å²) >= 11 is 4.12. The Labute approximate surface area is 99.2 Å². The molecule has 0 atom stereocenters. The van der Waals surface area contributed by atoms with E-state index in [0.29, 0.717) is 10.6 Å². The van der Waals surface area contributed by atoms with Gasteiger partial charge in [-0.3, -0.25) is 0 Å². The molecule has 0 aliphatic carbocycles. The third-order valence-electron chi connectivity index (χ3n) is 1.91. The third kappa shape index (κ3) is 2.47. The maximum Gasteiger partial charge on any atom is 0.343 e. The maximum absolute atomic E-state index is 11.6. The normalized spacial score (nSPS) is 9.38. The van der Waals surface area contributed by atoms with Gasteiger partial charge in [0.15, 0.2) is 0 Å². The first-order valence-corrected chi connectivity index (χ1v) is 5.07. The Morgan fingerprint density at radius 3 is 2.75 bits per heavy atom. The molecular formula is C11H11NO3S. The van der Waals surface area contributed by atoms with Gasteiger partial charge in [0, 0.05) is 4.90 Å². The van der Waals surface area contributed by atoms with Gasteiger partial charge in [0.25, 0.3) is 0 Å². The van der Waals surface area contributed by atoms with E-state index in [1.54, 1.807) is 13.0 Å². The summed E-state index contributed by atoms with van der Waals surface area (Å²) in [5.74, 6) is -0.272. The van der Waals surface area contributed by atoms with Crippen LogP contribution in [0.1, 0.15) is 22.8 Å². The number of hydrogen-bond acceptors (Lipinski definition) is 5. The Morgan fingerprint density at radius 1 is 1.56 bits per heavy atom. The van der Waals surface area contributed by atoms with E-state index in [2.05, 4.69) is 12.6 Å². The smallest absolute Gasteiger partial charge is 0.343 e. The summed E-state index contributed by atoms with van der Waals surface area (Å²) in [6.45, 7) is 1.94. The van der Waals surface area contributed by atoms with Crippen LogP contribution in [0, 0.1) is 11.3 Å². The lowest BCUT2D eigenvalue weighted by atomic mass is 10.1. The molecule has 0 aliphatic rings. The van der Waals surface area contributed by atoms with Crippen molar-refractivity contribution in [1.82, 2.24) is 0 Å². The molecular weight excluding hydrogens is 226 g/mol. The molecule has 0 amide bonds. The zero-order valence-corrected chi connectivity index (χ0v) is 9.88. The van der Waals surface area contributed by atoms with Crippen LogP contribution in [-0.2, 0) is 4.74 Å². The third-order valence-corrected chi connectivity index (χ3v) is 2.17. The van der Waals surface area contributed by atoms with Gasteiger partial charge in [-0.15, -0.1) is 12.6 Å². The largest absolute Gasteiger partial charge is 0.496 e. The molecule has 0 heterocycles. The van der Waals surface area contributed by atoms with Gasteiger partial charge >= 0.3 is 5.97 Å². The summed E-state index contributed by atoms with van der Waals surface area (Å²) in [5.41, 5.74) is 0.340. The minimum Gasteiger partial charge on any atom is -0.496 e. The number of carbonyl (C=O) groups excluding carboxylic acids is 1. The molecule has 0 fully saturated rings. The van der Waals surface area contributed by atoms with E-state index in [9.17, 15) is 4.79 Å². The van der Waals surface area contributed by atoms with Crippen molar-refractivity contribution in [2.45, 2.75) is 11.8 Å². The Bertz CT molecular complexity index is 451. The monoisotopic (exact) mass is 237 g/mol. The highest BCUT2D eigenvalue weighted by molar-refractivity contribution is 7.80. The van der Waals surface area contributed by atoms with Crippen molar-refractivity contribution in [1.29, 1.82) is 5.26 Å². The molecule has 0 spiro atoms. The van der Waals surface area contributed by atoms with Crippen LogP contribution in [0.4, 0.5) is 0 Å². The Balaban J connectivity index is 3.34. The summed E-state index contributed by atoms with van der Waals surface area (Å²) in [5, 5.41) is 8.93. The highest BCUT2D eigenvalue weighted by Crippen LogP contribution is 2.26. The van der Waals surface area contributed by atoms with Crippen molar-refractivity contribution in [3.8, 4) is 11.8 Å². The van der Waals surface area contributed by atoms with Crippen LogP contribution in [0.25, 0.3) is 0 Å². The van der Waals surface area contributed by atoms with Gasteiger partial charge in [-0.05, 0) is 19.1 Å². The number of rotatable bonds is 3. The van der Waals surface area contributed by atoms with Gasteiger partial charge in [-0.2, -0.15) is 5.26 Å². The fourth-order valence-corrected chi connectivity index (χ4v) is 1.51. The predicted octanol–water partition coefficient (Wildman–Crippen LogP) is 2.03. The number of esters is 1. The van der Waals surface area contributed by atoms with E-state index in [1.807, 2.05) is 6.07 Å². The van der Waals surface area contributed by atoms with Crippen molar-refractivity contribution in [3.63, 3.8) is 0 Å². The van der Waals surface area contributed by atoms with Crippen molar-refractivity contribution in [3.05, 3.63) is 23.3 Å². The SMILES string of the molecule is CCOC(=O)c1c(C#N)cc(S)cc1OC. The van der Waals surface area contributed by atoms with E-state index < -0.39 is 5.97 Å². The zero-order valence-electron chi connectivity index (χ0n) is 8.98. The highest BCUT2D eigenvalue weighted by atomic mass is 32.1. The lowest BCUT2D eigenvalue weighted by molar-refractivity contribution is 0.0522. The number of ether oxygens (including phenoxy) is 2. The van der Waals surface area contributed by atoms with Crippen LogP contribution in [0.2, 0.25) is 0 Å². The predicted molar refractivity (Wildman–Crippen MR) is 60.9 cm³/mol. The average molecular weight is 237 g/mol. The number of methoxy groups -OCH3 is 1. The Hall–Kier alpha value is -1.67. The number of benzene rings is 1. The Morgan fingerprint density at radius 2 is 2.25 bits per heavy atom. The molecule has 0 saturated carbocycles. The molecule has 0 radical (unpaired) electrons. The minimum absolute atomic E-state index is 0.143. The van der Waals surface area contributed by atoms with E-state index in [1.165, 1.54) is 13.2 Å². The summed E-state index contributed by atoms with van der Waals surface area (Å²) in [7, 11) is 1.42. The van der Waals surface area contributed by atoms with Gasteiger partial charge in [-0.1, -0.05) is 0 Å². The first-order valence-electron chi connectivity index (χ1n) is 4.62. The first kappa shape index (κ1) is 12.4. The second-order valence-corrected chi connectivity index (χ2v) is 3.42. The molecule has 0 saturated heterocycles. The second-order valence-electron chi connectivity index (χ2n) is 2.90. The van der Waals surface area contributed by atoms with Crippen molar-refractivity contribution >= 4 is 18.6 Å². The van der Waals surface area contributed by atoms with Crippen LogP contribution < -0.4 is 4.74 Å². The number of nitriles is 1. The number of carbonyl (C=O) groups is 1. The maximum atomic E-state index is 11.6. The van der Waals surface area contributed by atoms with Gasteiger partial charge in [0.2, 0.25) is 0 Å². The lowest BCUT2D eigenvalue weighted by Crippen LogP contribution is -2.09. The van der Waals surface area contributed by atoms with Gasteiger partial charge in [-0.25, -0.2) is 4.79 Å². The molecule has 1 aromatic rings. The highest BCUT2D eigenvalue weighted by Gasteiger charge is 2.19. The molecule has 0 aliphatic heterocycles. The standard InChI is InChI=1S/C11H11NO3S/c1-3-15-11(13)10-7(6-12)4-8(16)5-9(10)14-2/h4-5,16H,3H2,1-2H3. The Kier molecular flexibility index (Phi) is 4.20. The fourth-order valence-electron chi connectivity index (χ4n) is 1.26. The number of hydrogen-bond donors (Lipinski definition) is 1. The van der Waals surface area contributed by atoms with E-state index in [0.717, 1.165) is 0 Å². The van der Waals surface area contributed by atoms with Crippen LogP contribution in [0.5, 0.6) is 5.75 Å². The van der Waals surface area contributed by atoms with E-state index >= 15 is 0 Å². The minimum atomic E-state index is -0.566. The average Bonchev–Trinajstić information content (AvgIpc) is 2.27. The summed E-state index contributed by atoms with van der Waals surface area (Å²) in [6, 6.07) is 4.98. The summed E-state index contributed by atoms with van der Waals surface area (Å²) in [4.78, 5) is 12.2. The van der Waals surface area contributed by atoms with Gasteiger partial charge in [0.1, 0.15) is 17.4 Å². The molecule has 1 aromatic carbocycles.